The summed E-state index contributed by atoms with van der Waals surface area (Å²) >= 11 is 0. The number of esters is 1. The Morgan fingerprint density at radius 1 is 1.04 bits per heavy atom. The van der Waals surface area contributed by atoms with Gasteiger partial charge in [-0.2, -0.15) is 0 Å². The van der Waals surface area contributed by atoms with Crippen molar-refractivity contribution in [2.24, 2.45) is 5.92 Å². The van der Waals surface area contributed by atoms with Crippen molar-refractivity contribution in [3.8, 4) is 0 Å². The molecule has 0 spiro atoms. The average molecular weight is 365 g/mol. The summed E-state index contributed by atoms with van der Waals surface area (Å²) in [4.78, 5) is 26.3. The highest BCUT2D eigenvalue weighted by Gasteiger charge is 2.35. The highest BCUT2D eigenvalue weighted by Crippen LogP contribution is 2.24. The van der Waals surface area contributed by atoms with Crippen molar-refractivity contribution in [3.05, 3.63) is 71.3 Å². The molecule has 4 nitrogen and oxygen atoms in total. The Hall–Kier alpha value is -2.62. The molecule has 2 aromatic rings. The van der Waals surface area contributed by atoms with Crippen LogP contribution in [0.3, 0.4) is 0 Å². The molecular weight excluding hydrogens is 338 g/mol. The summed E-state index contributed by atoms with van der Waals surface area (Å²) in [5.41, 5.74) is 3.37. The van der Waals surface area contributed by atoms with Gasteiger partial charge in [-0.25, -0.2) is 0 Å². The maximum absolute atomic E-state index is 12.4. The molecule has 2 aromatic carbocycles. The average Bonchev–Trinajstić information content (AvgIpc) is 3.01. The Bertz CT molecular complexity index is 791. The molecule has 27 heavy (non-hydrogen) atoms. The number of likely N-dealkylation sites (tertiary alicyclic amines) is 1. The maximum Gasteiger partial charge on any atom is 0.311 e. The minimum Gasteiger partial charge on any atom is -0.461 e. The molecule has 0 saturated carbocycles. The van der Waals surface area contributed by atoms with Gasteiger partial charge in [-0.15, -0.1) is 0 Å². The number of nitrogens with zero attached hydrogens (tertiary/aromatic N) is 1. The summed E-state index contributed by atoms with van der Waals surface area (Å²) in [6.45, 7) is 7.71. The molecule has 1 fully saturated rings. The zero-order valence-corrected chi connectivity index (χ0v) is 16.3. The number of hydrogen-bond donors (Lipinski definition) is 0. The van der Waals surface area contributed by atoms with E-state index in [2.05, 4.69) is 32.9 Å². The van der Waals surface area contributed by atoms with Crippen LogP contribution >= 0.6 is 0 Å². The molecule has 1 heterocycles. The molecule has 1 amide bonds. The number of carbonyl (C=O) groups is 2. The number of amides is 1. The molecule has 4 heteroatoms. The van der Waals surface area contributed by atoms with Gasteiger partial charge in [0, 0.05) is 19.5 Å². The Labute approximate surface area is 161 Å². The molecule has 0 radical (unpaired) electrons. The first-order valence-corrected chi connectivity index (χ1v) is 9.40. The van der Waals surface area contributed by atoms with Crippen LogP contribution in [0, 0.1) is 5.92 Å². The van der Waals surface area contributed by atoms with Gasteiger partial charge in [-0.3, -0.25) is 9.59 Å². The highest BCUT2D eigenvalue weighted by molar-refractivity contribution is 5.86. The summed E-state index contributed by atoms with van der Waals surface area (Å²) in [6.07, 6.45) is 0.231. The van der Waals surface area contributed by atoms with Gasteiger partial charge >= 0.3 is 5.97 Å². The first-order chi connectivity index (χ1) is 12.8. The maximum atomic E-state index is 12.4. The fourth-order valence-corrected chi connectivity index (χ4v) is 3.26. The summed E-state index contributed by atoms with van der Waals surface area (Å²) < 4.78 is 5.47. The molecule has 3 rings (SSSR count). The number of hydrogen-bond acceptors (Lipinski definition) is 3. The lowest BCUT2D eigenvalue weighted by Crippen LogP contribution is -2.26. The Kier molecular flexibility index (Phi) is 5.64. The van der Waals surface area contributed by atoms with E-state index in [1.807, 2.05) is 42.5 Å². The third-order valence-electron chi connectivity index (χ3n) is 4.97. The standard InChI is InChI=1S/C23H27NO3/c1-23(2,3)20-11-9-18(10-12-20)16-27-22(26)19-13-21(25)24(15-19)14-17-7-5-4-6-8-17/h4-12,19H,13-16H2,1-3H3/t19-/m1/s1. The Balaban J connectivity index is 1.52. The fourth-order valence-electron chi connectivity index (χ4n) is 3.26. The fraction of sp³-hybridized carbons (Fsp3) is 0.391. The normalized spacial score (nSPS) is 17.2. The van der Waals surface area contributed by atoms with Crippen molar-refractivity contribution in [2.75, 3.05) is 6.54 Å². The van der Waals surface area contributed by atoms with E-state index < -0.39 is 0 Å². The zero-order valence-electron chi connectivity index (χ0n) is 16.3. The zero-order chi connectivity index (χ0) is 19.4. The summed E-state index contributed by atoms with van der Waals surface area (Å²) in [7, 11) is 0. The van der Waals surface area contributed by atoms with Crippen molar-refractivity contribution in [3.63, 3.8) is 0 Å². The van der Waals surface area contributed by atoms with Crippen LogP contribution in [0.4, 0.5) is 0 Å². The molecule has 1 aliphatic heterocycles. The van der Waals surface area contributed by atoms with Crippen molar-refractivity contribution < 1.29 is 14.3 Å². The first kappa shape index (κ1) is 19.2. The molecule has 0 unspecified atom stereocenters. The second-order valence-electron chi connectivity index (χ2n) is 8.22. The lowest BCUT2D eigenvalue weighted by molar-refractivity contribution is -0.149. The van der Waals surface area contributed by atoms with E-state index in [9.17, 15) is 9.59 Å². The molecule has 0 aromatic heterocycles. The van der Waals surface area contributed by atoms with Crippen LogP contribution in [0.5, 0.6) is 0 Å². The first-order valence-electron chi connectivity index (χ1n) is 9.40. The number of rotatable bonds is 5. The van der Waals surface area contributed by atoms with E-state index in [1.54, 1.807) is 4.90 Å². The van der Waals surface area contributed by atoms with Gasteiger partial charge in [0.15, 0.2) is 0 Å². The number of carbonyl (C=O) groups excluding carboxylic acids is 2. The van der Waals surface area contributed by atoms with E-state index in [0.717, 1.165) is 11.1 Å². The molecule has 1 aliphatic rings. The number of ether oxygens (including phenoxy) is 1. The lowest BCUT2D eigenvalue weighted by atomic mass is 9.87. The van der Waals surface area contributed by atoms with Crippen molar-refractivity contribution >= 4 is 11.9 Å². The van der Waals surface area contributed by atoms with Gasteiger partial charge in [0.2, 0.25) is 5.91 Å². The van der Waals surface area contributed by atoms with Crippen LogP contribution < -0.4 is 0 Å². The van der Waals surface area contributed by atoms with E-state index >= 15 is 0 Å². The molecule has 142 valence electrons. The molecule has 1 saturated heterocycles. The lowest BCUT2D eigenvalue weighted by Gasteiger charge is -2.19. The van der Waals surface area contributed by atoms with Gasteiger partial charge in [0.25, 0.3) is 0 Å². The van der Waals surface area contributed by atoms with Crippen molar-refractivity contribution in [2.45, 2.75) is 45.8 Å². The van der Waals surface area contributed by atoms with Crippen LogP contribution in [0.15, 0.2) is 54.6 Å². The van der Waals surface area contributed by atoms with Crippen LogP contribution in [0.2, 0.25) is 0 Å². The van der Waals surface area contributed by atoms with Crippen LogP contribution in [0.1, 0.15) is 43.9 Å². The van der Waals surface area contributed by atoms with E-state index in [0.29, 0.717) is 13.1 Å². The SMILES string of the molecule is CC(C)(C)c1ccc(COC(=O)[C@@H]2CC(=O)N(Cc3ccccc3)C2)cc1. The van der Waals surface area contributed by atoms with Crippen molar-refractivity contribution in [1.82, 2.24) is 4.90 Å². The van der Waals surface area contributed by atoms with Gasteiger partial charge in [-0.05, 0) is 22.1 Å². The second kappa shape index (κ2) is 7.95. The monoisotopic (exact) mass is 365 g/mol. The van der Waals surface area contributed by atoms with Crippen LogP contribution in [-0.4, -0.2) is 23.3 Å². The van der Waals surface area contributed by atoms with E-state index in [-0.39, 0.29) is 36.2 Å². The van der Waals surface area contributed by atoms with Gasteiger partial charge in [0.05, 0.1) is 5.92 Å². The third kappa shape index (κ3) is 4.97. The quantitative estimate of drug-likeness (QED) is 0.750. The predicted octanol–water partition coefficient (Wildman–Crippen LogP) is 4.08. The molecule has 0 bridgehead atoms. The molecular formula is C23H27NO3. The summed E-state index contributed by atoms with van der Waals surface area (Å²) in [5.74, 6) is -0.663. The minimum atomic E-state index is -0.380. The van der Waals surface area contributed by atoms with Crippen LogP contribution in [-0.2, 0) is 32.9 Å². The van der Waals surface area contributed by atoms with E-state index in [4.69, 9.17) is 4.74 Å². The predicted molar refractivity (Wildman–Crippen MR) is 105 cm³/mol. The van der Waals surface area contributed by atoms with E-state index in [1.165, 1.54) is 5.56 Å². The second-order valence-corrected chi connectivity index (χ2v) is 8.22. The third-order valence-corrected chi connectivity index (χ3v) is 4.97. The van der Waals surface area contributed by atoms with Crippen molar-refractivity contribution in [1.29, 1.82) is 0 Å². The van der Waals surface area contributed by atoms with Gasteiger partial charge < -0.3 is 9.64 Å². The topological polar surface area (TPSA) is 46.6 Å². The molecule has 0 N–H and O–H groups in total. The molecule has 1 atom stereocenters. The highest BCUT2D eigenvalue weighted by atomic mass is 16.5. The van der Waals surface area contributed by atoms with Gasteiger partial charge in [0.1, 0.15) is 6.61 Å². The summed E-state index contributed by atoms with van der Waals surface area (Å²) in [6, 6.07) is 18.0. The number of benzene rings is 2. The summed E-state index contributed by atoms with van der Waals surface area (Å²) in [5, 5.41) is 0. The largest absolute Gasteiger partial charge is 0.461 e. The van der Waals surface area contributed by atoms with Gasteiger partial charge in [-0.1, -0.05) is 75.4 Å². The molecule has 0 aliphatic carbocycles. The Morgan fingerprint density at radius 2 is 1.70 bits per heavy atom. The minimum absolute atomic E-state index is 0.00957. The Morgan fingerprint density at radius 3 is 2.33 bits per heavy atom. The smallest absolute Gasteiger partial charge is 0.311 e. The van der Waals surface area contributed by atoms with Crippen LogP contribution in [0.25, 0.3) is 0 Å².